The summed E-state index contributed by atoms with van der Waals surface area (Å²) in [4.78, 5) is 36.8. The van der Waals surface area contributed by atoms with Crippen molar-refractivity contribution in [2.24, 2.45) is 19.5 Å². The van der Waals surface area contributed by atoms with Crippen LogP contribution in [0.15, 0.2) is 9.59 Å². The van der Waals surface area contributed by atoms with Gasteiger partial charge in [-0.1, -0.05) is 6.92 Å². The molecule has 8 nitrogen and oxygen atoms in total. The molecule has 1 N–H and O–H groups in total. The first-order valence-corrected chi connectivity index (χ1v) is 6.45. The number of anilines is 1. The van der Waals surface area contributed by atoms with E-state index in [0.29, 0.717) is 19.4 Å². The van der Waals surface area contributed by atoms with Gasteiger partial charge in [-0.2, -0.15) is 0 Å². The Bertz CT molecular complexity index is 662. The van der Waals surface area contributed by atoms with Crippen LogP contribution in [0.1, 0.15) is 19.8 Å². The van der Waals surface area contributed by atoms with Gasteiger partial charge < -0.3 is 10.0 Å². The average Bonchev–Trinajstić information content (AvgIpc) is 2.86. The summed E-state index contributed by atoms with van der Waals surface area (Å²) in [6, 6.07) is 0. The van der Waals surface area contributed by atoms with Crippen LogP contribution in [0.3, 0.4) is 0 Å². The van der Waals surface area contributed by atoms with Crippen LogP contribution in [0.25, 0.3) is 0 Å². The third-order valence-electron chi connectivity index (χ3n) is 4.09. The van der Waals surface area contributed by atoms with Gasteiger partial charge >= 0.3 is 11.7 Å². The Morgan fingerprint density at radius 1 is 1.40 bits per heavy atom. The monoisotopic (exact) mass is 282 g/mol. The minimum Gasteiger partial charge on any atom is -0.481 e. The van der Waals surface area contributed by atoms with E-state index in [4.69, 9.17) is 0 Å². The van der Waals surface area contributed by atoms with Crippen molar-refractivity contribution in [3.8, 4) is 0 Å². The number of hydrogen-bond acceptors (Lipinski definition) is 5. The largest absolute Gasteiger partial charge is 0.481 e. The fraction of sp³-hybridized carbons (Fsp3) is 0.667. The maximum atomic E-state index is 12.1. The molecule has 2 heterocycles. The first kappa shape index (κ1) is 14.3. The van der Waals surface area contributed by atoms with Crippen molar-refractivity contribution in [3.05, 3.63) is 20.8 Å². The Hall–Kier alpha value is -2.12. The van der Waals surface area contributed by atoms with E-state index in [-0.39, 0.29) is 12.4 Å². The molecule has 1 unspecified atom stereocenters. The molecule has 8 heteroatoms. The molecule has 1 saturated heterocycles. The number of aromatic nitrogens is 3. The molecule has 20 heavy (non-hydrogen) atoms. The van der Waals surface area contributed by atoms with Crippen LogP contribution in [-0.4, -0.2) is 38.5 Å². The quantitative estimate of drug-likeness (QED) is 0.777. The van der Waals surface area contributed by atoms with Gasteiger partial charge in [-0.05, 0) is 12.8 Å². The SMILES string of the molecule is CCC1(C(=O)O)CCN(c2nn(C)c(=O)n(C)c2=O)C1. The van der Waals surface area contributed by atoms with Crippen LogP contribution in [0.5, 0.6) is 0 Å². The Labute approximate surface area is 115 Å². The Morgan fingerprint density at radius 2 is 2.05 bits per heavy atom. The lowest BCUT2D eigenvalue weighted by atomic mass is 9.84. The van der Waals surface area contributed by atoms with E-state index >= 15 is 0 Å². The van der Waals surface area contributed by atoms with E-state index < -0.39 is 22.6 Å². The van der Waals surface area contributed by atoms with Crippen molar-refractivity contribution >= 4 is 11.8 Å². The Kier molecular flexibility index (Phi) is 3.41. The summed E-state index contributed by atoms with van der Waals surface area (Å²) in [7, 11) is 2.85. The molecule has 0 radical (unpaired) electrons. The lowest BCUT2D eigenvalue weighted by molar-refractivity contribution is -0.147. The molecular formula is C12H18N4O4. The second-order valence-corrected chi connectivity index (χ2v) is 5.20. The molecule has 110 valence electrons. The zero-order chi connectivity index (χ0) is 15.1. The third kappa shape index (κ3) is 2.00. The summed E-state index contributed by atoms with van der Waals surface area (Å²) in [5.74, 6) is -0.727. The van der Waals surface area contributed by atoms with Crippen LogP contribution in [0.4, 0.5) is 5.82 Å². The van der Waals surface area contributed by atoms with Crippen molar-refractivity contribution in [2.75, 3.05) is 18.0 Å². The zero-order valence-electron chi connectivity index (χ0n) is 11.8. The standard InChI is InChI=1S/C12H18N4O4/c1-4-12(10(18)19)5-6-16(7-12)8-9(17)14(2)11(20)15(3)13-8/h4-7H2,1-3H3,(H,18,19). The van der Waals surface area contributed by atoms with Gasteiger partial charge in [-0.25, -0.2) is 9.48 Å². The molecule has 0 aromatic carbocycles. The first-order chi connectivity index (χ1) is 9.32. The topological polar surface area (TPSA) is 97.4 Å². The number of carboxylic acids is 1. The van der Waals surface area contributed by atoms with Crippen LogP contribution < -0.4 is 16.1 Å². The van der Waals surface area contributed by atoms with Crippen LogP contribution in [-0.2, 0) is 18.9 Å². The lowest BCUT2D eigenvalue weighted by Crippen LogP contribution is -2.43. The molecule has 1 aliphatic heterocycles. The van der Waals surface area contributed by atoms with Crippen molar-refractivity contribution < 1.29 is 9.90 Å². The highest BCUT2D eigenvalue weighted by Gasteiger charge is 2.44. The summed E-state index contributed by atoms with van der Waals surface area (Å²) in [5, 5.41) is 13.3. The maximum Gasteiger partial charge on any atom is 0.346 e. The predicted molar refractivity (Wildman–Crippen MR) is 71.9 cm³/mol. The molecule has 1 aromatic heterocycles. The molecule has 1 fully saturated rings. The molecule has 0 amide bonds. The molecule has 0 bridgehead atoms. The van der Waals surface area contributed by atoms with Crippen LogP contribution >= 0.6 is 0 Å². The summed E-state index contributed by atoms with van der Waals surface area (Å²) in [6.07, 6.45) is 0.956. The molecular weight excluding hydrogens is 264 g/mol. The number of hydrogen-bond donors (Lipinski definition) is 1. The van der Waals surface area contributed by atoms with Crippen molar-refractivity contribution in [2.45, 2.75) is 19.8 Å². The molecule has 1 atom stereocenters. The van der Waals surface area contributed by atoms with Crippen molar-refractivity contribution in [1.29, 1.82) is 0 Å². The number of nitrogens with zero attached hydrogens (tertiary/aromatic N) is 4. The molecule has 0 aliphatic carbocycles. The van der Waals surface area contributed by atoms with Crippen LogP contribution in [0, 0.1) is 5.41 Å². The van der Waals surface area contributed by atoms with E-state index in [9.17, 15) is 19.5 Å². The lowest BCUT2D eigenvalue weighted by Gasteiger charge is -2.23. The van der Waals surface area contributed by atoms with E-state index in [1.54, 1.807) is 4.90 Å². The summed E-state index contributed by atoms with van der Waals surface area (Å²) in [6.45, 7) is 2.50. The molecule has 2 rings (SSSR count). The summed E-state index contributed by atoms with van der Waals surface area (Å²) in [5.41, 5.74) is -1.84. The minimum atomic E-state index is -0.857. The van der Waals surface area contributed by atoms with Gasteiger partial charge in [-0.3, -0.25) is 14.2 Å². The van der Waals surface area contributed by atoms with Gasteiger partial charge in [0.1, 0.15) is 0 Å². The smallest absolute Gasteiger partial charge is 0.346 e. The van der Waals surface area contributed by atoms with Gasteiger partial charge in [0.2, 0.25) is 5.82 Å². The van der Waals surface area contributed by atoms with Crippen LogP contribution in [0.2, 0.25) is 0 Å². The van der Waals surface area contributed by atoms with Crippen molar-refractivity contribution in [3.63, 3.8) is 0 Å². The number of aryl methyl sites for hydroxylation is 1. The van der Waals surface area contributed by atoms with E-state index in [1.807, 2.05) is 6.92 Å². The maximum absolute atomic E-state index is 12.1. The molecule has 1 aliphatic rings. The normalized spacial score (nSPS) is 22.2. The van der Waals surface area contributed by atoms with E-state index in [0.717, 1.165) is 9.25 Å². The van der Waals surface area contributed by atoms with Crippen molar-refractivity contribution in [1.82, 2.24) is 14.3 Å². The second kappa shape index (κ2) is 4.77. The van der Waals surface area contributed by atoms with Gasteiger partial charge in [0.25, 0.3) is 5.56 Å². The summed E-state index contributed by atoms with van der Waals surface area (Å²) >= 11 is 0. The number of carboxylic acid groups (broad SMARTS) is 1. The minimum absolute atomic E-state index is 0.131. The number of aliphatic carboxylic acids is 1. The van der Waals surface area contributed by atoms with Gasteiger partial charge in [0.05, 0.1) is 5.41 Å². The molecule has 0 saturated carbocycles. The Morgan fingerprint density at radius 3 is 2.55 bits per heavy atom. The third-order valence-corrected chi connectivity index (χ3v) is 4.09. The average molecular weight is 282 g/mol. The zero-order valence-corrected chi connectivity index (χ0v) is 11.8. The predicted octanol–water partition coefficient (Wildman–Crippen LogP) is -0.830. The van der Waals surface area contributed by atoms with Gasteiger partial charge in [-0.15, -0.1) is 5.10 Å². The highest BCUT2D eigenvalue weighted by molar-refractivity contribution is 5.76. The van der Waals surface area contributed by atoms with Gasteiger partial charge in [0, 0.05) is 27.2 Å². The second-order valence-electron chi connectivity index (χ2n) is 5.20. The van der Waals surface area contributed by atoms with E-state index in [2.05, 4.69) is 5.10 Å². The van der Waals surface area contributed by atoms with Gasteiger partial charge in [0.15, 0.2) is 0 Å². The molecule has 1 aromatic rings. The fourth-order valence-electron chi connectivity index (χ4n) is 2.55. The highest BCUT2D eigenvalue weighted by atomic mass is 16.4. The fourth-order valence-corrected chi connectivity index (χ4v) is 2.55. The number of carbonyl (C=O) groups is 1. The first-order valence-electron chi connectivity index (χ1n) is 6.45. The number of rotatable bonds is 3. The summed E-state index contributed by atoms with van der Waals surface area (Å²) < 4.78 is 2.07. The van der Waals surface area contributed by atoms with E-state index in [1.165, 1.54) is 14.1 Å². The highest BCUT2D eigenvalue weighted by Crippen LogP contribution is 2.35. The Balaban J connectivity index is 2.44. The molecule has 0 spiro atoms.